The molecule has 1 aliphatic carbocycles. The molecule has 63 heavy (non-hydrogen) atoms. The molecule has 0 N–H and O–H groups in total. The highest BCUT2D eigenvalue weighted by molar-refractivity contribution is 5.95. The number of hydrogen-bond donors (Lipinski definition) is 0. The second-order valence-electron chi connectivity index (χ2n) is 15.9. The Morgan fingerprint density at radius 1 is 0.302 bits per heavy atom. The number of rotatable bonds is 8. The van der Waals surface area contributed by atoms with Crippen LogP contribution < -0.4 is 0 Å². The second kappa shape index (κ2) is 15.8. The van der Waals surface area contributed by atoms with Crippen molar-refractivity contribution in [2.45, 2.75) is 5.41 Å². The van der Waals surface area contributed by atoms with E-state index in [0.717, 1.165) is 50.1 Å². The lowest BCUT2D eigenvalue weighted by molar-refractivity contribution is 0.769. The molecule has 1 aromatic heterocycles. The monoisotopic (exact) mass is 802 g/mol. The van der Waals surface area contributed by atoms with Gasteiger partial charge in [0.2, 0.25) is 0 Å². The molecule has 0 atom stereocenters. The summed E-state index contributed by atoms with van der Waals surface area (Å²) in [6, 6.07) is 83.0. The first kappa shape index (κ1) is 37.5. The zero-order valence-corrected chi connectivity index (χ0v) is 34.2. The smallest absolute Gasteiger partial charge is 0.164 e. The molecule has 0 unspecified atom stereocenters. The summed E-state index contributed by atoms with van der Waals surface area (Å²) in [4.78, 5) is 15.4. The van der Waals surface area contributed by atoms with Crippen molar-refractivity contribution in [3.05, 3.63) is 258 Å². The SMILES string of the molecule is N#Cc1ccc(-c2cc3c(cc2-c2cccc(-c4nc(-c5ccccc5)nc(-c5cccc(-c6ccccc6)c5)n4)c2)-c2ccccc2C3(c2ccccc2)c2ccccc2)cc1. The van der Waals surface area contributed by atoms with Gasteiger partial charge in [0.1, 0.15) is 0 Å². The number of nitriles is 1. The Kier molecular flexibility index (Phi) is 9.41. The van der Waals surface area contributed by atoms with Gasteiger partial charge in [0.15, 0.2) is 17.5 Å². The van der Waals surface area contributed by atoms with Gasteiger partial charge in [-0.3, -0.25) is 0 Å². The third-order valence-electron chi connectivity index (χ3n) is 12.2. The van der Waals surface area contributed by atoms with Crippen molar-refractivity contribution in [1.82, 2.24) is 15.0 Å². The molecule has 1 aliphatic rings. The van der Waals surface area contributed by atoms with Crippen LogP contribution in [0.5, 0.6) is 0 Å². The maximum atomic E-state index is 9.80. The van der Waals surface area contributed by atoms with Crippen LogP contribution in [0.15, 0.2) is 231 Å². The van der Waals surface area contributed by atoms with E-state index in [9.17, 15) is 5.26 Å². The summed E-state index contributed by atoms with van der Waals surface area (Å²) in [5, 5.41) is 9.80. The minimum Gasteiger partial charge on any atom is -0.208 e. The van der Waals surface area contributed by atoms with Crippen molar-refractivity contribution < 1.29 is 0 Å². The minimum atomic E-state index is -0.566. The first-order chi connectivity index (χ1) is 31.2. The third-order valence-corrected chi connectivity index (χ3v) is 12.2. The van der Waals surface area contributed by atoms with E-state index in [4.69, 9.17) is 15.0 Å². The average molecular weight is 803 g/mol. The molecular formula is C59H38N4. The van der Waals surface area contributed by atoms with Crippen LogP contribution in [0.1, 0.15) is 27.8 Å². The summed E-state index contributed by atoms with van der Waals surface area (Å²) in [5.41, 5.74) is 16.4. The van der Waals surface area contributed by atoms with Crippen LogP contribution >= 0.6 is 0 Å². The van der Waals surface area contributed by atoms with Gasteiger partial charge in [-0.1, -0.05) is 194 Å². The number of fused-ring (bicyclic) bond motifs is 3. The van der Waals surface area contributed by atoms with Crippen LogP contribution in [-0.2, 0) is 5.41 Å². The molecule has 0 aliphatic heterocycles. The van der Waals surface area contributed by atoms with E-state index in [2.05, 4.69) is 188 Å². The molecule has 1 heterocycles. The lowest BCUT2D eigenvalue weighted by atomic mass is 9.67. The molecule has 4 nitrogen and oxygen atoms in total. The van der Waals surface area contributed by atoms with E-state index >= 15 is 0 Å². The van der Waals surface area contributed by atoms with E-state index in [-0.39, 0.29) is 0 Å². The molecule has 11 rings (SSSR count). The molecule has 0 spiro atoms. The van der Waals surface area contributed by atoms with Gasteiger partial charge >= 0.3 is 0 Å². The Morgan fingerprint density at radius 2 is 0.762 bits per heavy atom. The largest absolute Gasteiger partial charge is 0.208 e. The summed E-state index contributed by atoms with van der Waals surface area (Å²) in [6.07, 6.45) is 0. The highest BCUT2D eigenvalue weighted by Crippen LogP contribution is 2.58. The topological polar surface area (TPSA) is 62.5 Å². The van der Waals surface area contributed by atoms with Crippen LogP contribution in [0, 0.1) is 11.3 Å². The van der Waals surface area contributed by atoms with Crippen molar-refractivity contribution in [2.75, 3.05) is 0 Å². The van der Waals surface area contributed by atoms with Gasteiger partial charge in [-0.05, 0) is 103 Å². The molecule has 294 valence electrons. The number of nitrogens with zero attached hydrogens (tertiary/aromatic N) is 4. The Hall–Kier alpha value is -8.52. The van der Waals surface area contributed by atoms with Gasteiger partial charge in [0.25, 0.3) is 0 Å². The van der Waals surface area contributed by atoms with Crippen LogP contribution in [-0.4, -0.2) is 15.0 Å². The van der Waals surface area contributed by atoms with Crippen LogP contribution in [0.25, 0.3) is 78.7 Å². The zero-order chi connectivity index (χ0) is 42.2. The fourth-order valence-electron chi connectivity index (χ4n) is 9.33. The van der Waals surface area contributed by atoms with Gasteiger partial charge < -0.3 is 0 Å². The van der Waals surface area contributed by atoms with Crippen molar-refractivity contribution >= 4 is 0 Å². The highest BCUT2D eigenvalue weighted by Gasteiger charge is 2.46. The zero-order valence-electron chi connectivity index (χ0n) is 34.2. The summed E-state index contributed by atoms with van der Waals surface area (Å²) in [5.74, 6) is 1.80. The van der Waals surface area contributed by atoms with E-state index in [1.807, 2.05) is 48.5 Å². The summed E-state index contributed by atoms with van der Waals surface area (Å²) >= 11 is 0. The molecule has 0 saturated heterocycles. The van der Waals surface area contributed by atoms with E-state index in [1.165, 1.54) is 33.4 Å². The molecule has 0 saturated carbocycles. The van der Waals surface area contributed by atoms with Gasteiger partial charge in [-0.2, -0.15) is 5.26 Å². The fourth-order valence-corrected chi connectivity index (χ4v) is 9.33. The molecule has 0 amide bonds. The molecular weight excluding hydrogens is 765 g/mol. The summed E-state index contributed by atoms with van der Waals surface area (Å²) in [7, 11) is 0. The summed E-state index contributed by atoms with van der Waals surface area (Å²) < 4.78 is 0. The molecule has 0 fully saturated rings. The Labute approximate surface area is 367 Å². The second-order valence-corrected chi connectivity index (χ2v) is 15.9. The summed E-state index contributed by atoms with van der Waals surface area (Å²) in [6.45, 7) is 0. The molecule has 0 radical (unpaired) electrons. The lowest BCUT2D eigenvalue weighted by Gasteiger charge is -2.34. The van der Waals surface area contributed by atoms with Crippen LogP contribution in [0.2, 0.25) is 0 Å². The first-order valence-electron chi connectivity index (χ1n) is 21.2. The Morgan fingerprint density at radius 3 is 1.37 bits per heavy atom. The normalized spacial score (nSPS) is 12.2. The standard InChI is InChI=1S/C59H38N4/c60-39-40-31-33-42(34-32-40)52-38-55-53(50-29-13-14-30-54(50)59(55,48-25-9-3-10-26-48)49-27-11-4-12-28-49)37-51(52)45-22-16-24-47(36-45)58-62-56(43-19-7-2-8-20-43)61-57(63-58)46-23-15-21-44(35-46)41-17-5-1-6-18-41/h1-38H. The quantitative estimate of drug-likeness (QED) is 0.153. The molecule has 9 aromatic carbocycles. The van der Waals surface area contributed by atoms with E-state index in [0.29, 0.717) is 23.0 Å². The van der Waals surface area contributed by atoms with Gasteiger partial charge in [-0.25, -0.2) is 15.0 Å². The van der Waals surface area contributed by atoms with Gasteiger partial charge in [0, 0.05) is 16.7 Å². The number of aromatic nitrogens is 3. The maximum Gasteiger partial charge on any atom is 0.164 e. The Bertz CT molecular complexity index is 3280. The first-order valence-corrected chi connectivity index (χ1v) is 21.2. The minimum absolute atomic E-state index is 0.566. The van der Waals surface area contributed by atoms with E-state index in [1.54, 1.807) is 0 Å². The van der Waals surface area contributed by atoms with Crippen molar-refractivity contribution in [3.8, 4) is 84.7 Å². The molecule has 4 heteroatoms. The van der Waals surface area contributed by atoms with Gasteiger partial charge in [-0.15, -0.1) is 0 Å². The third kappa shape index (κ3) is 6.61. The average Bonchev–Trinajstić information content (AvgIpc) is 3.67. The molecule has 0 bridgehead atoms. The van der Waals surface area contributed by atoms with Crippen molar-refractivity contribution in [1.29, 1.82) is 5.26 Å². The van der Waals surface area contributed by atoms with Crippen molar-refractivity contribution in [2.24, 2.45) is 0 Å². The number of benzene rings is 9. The van der Waals surface area contributed by atoms with Crippen molar-refractivity contribution in [3.63, 3.8) is 0 Å². The van der Waals surface area contributed by atoms with E-state index < -0.39 is 5.41 Å². The van der Waals surface area contributed by atoms with Crippen LogP contribution in [0.4, 0.5) is 0 Å². The predicted octanol–water partition coefficient (Wildman–Crippen LogP) is 14.1. The predicted molar refractivity (Wildman–Crippen MR) is 254 cm³/mol. The fraction of sp³-hybridized carbons (Fsp3) is 0.0169. The van der Waals surface area contributed by atoms with Crippen LogP contribution in [0.3, 0.4) is 0 Å². The molecule has 10 aromatic rings. The highest BCUT2D eigenvalue weighted by atomic mass is 15.0. The van der Waals surface area contributed by atoms with Gasteiger partial charge in [0.05, 0.1) is 17.0 Å². The maximum absolute atomic E-state index is 9.80. The lowest BCUT2D eigenvalue weighted by Crippen LogP contribution is -2.28. The Balaban J connectivity index is 1.13. The number of hydrogen-bond acceptors (Lipinski definition) is 4.